The van der Waals surface area contributed by atoms with Crippen molar-refractivity contribution >= 4 is 86.8 Å². The molecule has 0 saturated carbocycles. The van der Waals surface area contributed by atoms with E-state index < -0.39 is 6.17 Å². The average molecular weight is 899 g/mol. The lowest BCUT2D eigenvalue weighted by Gasteiger charge is -2.33. The monoisotopic (exact) mass is 898 g/mol. The van der Waals surface area contributed by atoms with Gasteiger partial charge in [-0.25, -0.2) is 0 Å². The minimum Gasteiger partial charge on any atom is -0.438 e. The second-order valence-corrected chi connectivity index (χ2v) is 18.7. The van der Waals surface area contributed by atoms with E-state index in [1.165, 1.54) is 69.4 Å². The van der Waals surface area contributed by atoms with Crippen molar-refractivity contribution in [3.8, 4) is 33.6 Å². The molecule has 1 unspecified atom stereocenters. The first kappa shape index (κ1) is 39.3. The van der Waals surface area contributed by atoms with E-state index >= 15 is 0 Å². The SMILES string of the molecule is c1ccc(C2=NC(c3ccccc3-n3c4ccccc4c4ccc5c6ccc7c8ccccc8n(-c8cccc(-c9ccccc9)c8)c7c6sc5c43)[N-]C(c3cccc(-c4ccccc4)c3)=N2)cc1. The maximum Gasteiger partial charge on any atom is 0.0842 e. The molecule has 13 aromatic rings. The van der Waals surface area contributed by atoms with E-state index in [9.17, 15) is 0 Å². The van der Waals surface area contributed by atoms with Crippen LogP contribution in [0, 0.1) is 0 Å². The van der Waals surface area contributed by atoms with Gasteiger partial charge in [0.2, 0.25) is 0 Å². The molecule has 69 heavy (non-hydrogen) atoms. The fourth-order valence-electron chi connectivity index (χ4n) is 10.6. The summed E-state index contributed by atoms with van der Waals surface area (Å²) in [5.74, 6) is 1.32. The lowest BCUT2D eigenvalue weighted by Crippen LogP contribution is -2.17. The maximum absolute atomic E-state index is 5.43. The number of nitrogens with zero attached hydrogens (tertiary/aromatic N) is 5. The number of hydrogen-bond donors (Lipinski definition) is 0. The topological polar surface area (TPSA) is 48.7 Å². The van der Waals surface area contributed by atoms with Gasteiger partial charge in [0.1, 0.15) is 0 Å². The Balaban J connectivity index is 0.993. The first-order valence-corrected chi connectivity index (χ1v) is 24.2. The molecular weight excluding hydrogens is 859 g/mol. The Bertz CT molecular complexity index is 4220. The first-order chi connectivity index (χ1) is 34.2. The van der Waals surface area contributed by atoms with Crippen molar-refractivity contribution < 1.29 is 0 Å². The van der Waals surface area contributed by atoms with Gasteiger partial charge in [0, 0.05) is 43.6 Å². The summed E-state index contributed by atoms with van der Waals surface area (Å²) in [6, 6.07) is 84.6. The van der Waals surface area contributed by atoms with Crippen LogP contribution in [-0.2, 0) is 0 Å². The third-order valence-corrected chi connectivity index (χ3v) is 14.9. The molecule has 14 rings (SSSR count). The summed E-state index contributed by atoms with van der Waals surface area (Å²) in [5, 5.41) is 12.8. The number of hydrogen-bond acceptors (Lipinski definition) is 3. The zero-order valence-corrected chi connectivity index (χ0v) is 38.1. The highest BCUT2D eigenvalue weighted by atomic mass is 32.1. The summed E-state index contributed by atoms with van der Waals surface area (Å²) in [4.78, 5) is 10.5. The van der Waals surface area contributed by atoms with Gasteiger partial charge in [-0.3, -0.25) is 4.99 Å². The number of aliphatic imine (C=N–C) groups is 2. The van der Waals surface area contributed by atoms with Crippen molar-refractivity contribution in [1.82, 2.24) is 9.13 Å². The van der Waals surface area contributed by atoms with E-state index in [1.54, 1.807) is 0 Å². The number of fused-ring (bicyclic) bond motifs is 11. The summed E-state index contributed by atoms with van der Waals surface area (Å²) < 4.78 is 7.46. The molecule has 3 aromatic heterocycles. The van der Waals surface area contributed by atoms with Gasteiger partial charge in [0.05, 0.1) is 49.2 Å². The predicted octanol–water partition coefficient (Wildman–Crippen LogP) is 16.9. The Labute approximate surface area is 402 Å². The summed E-state index contributed by atoms with van der Waals surface area (Å²) in [6.45, 7) is 0. The smallest absolute Gasteiger partial charge is 0.0842 e. The molecule has 6 heteroatoms. The zero-order valence-electron chi connectivity index (χ0n) is 37.2. The van der Waals surface area contributed by atoms with Crippen LogP contribution in [0.3, 0.4) is 0 Å². The highest BCUT2D eigenvalue weighted by molar-refractivity contribution is 7.27. The van der Waals surface area contributed by atoms with Crippen LogP contribution in [0.25, 0.3) is 103 Å². The van der Waals surface area contributed by atoms with E-state index in [2.05, 4.69) is 221 Å². The number of rotatable bonds is 7. The molecule has 0 spiro atoms. The molecule has 10 aromatic carbocycles. The second-order valence-electron chi connectivity index (χ2n) is 17.7. The summed E-state index contributed by atoms with van der Waals surface area (Å²) >= 11 is 1.89. The van der Waals surface area contributed by atoms with Crippen molar-refractivity contribution in [2.75, 3.05) is 0 Å². The normalized spacial score (nSPS) is 13.9. The molecule has 1 aliphatic heterocycles. The van der Waals surface area contributed by atoms with Gasteiger partial charge in [-0.1, -0.05) is 206 Å². The highest BCUT2D eigenvalue weighted by Gasteiger charge is 2.24. The molecule has 0 N–H and O–H groups in total. The van der Waals surface area contributed by atoms with Crippen LogP contribution in [0.5, 0.6) is 0 Å². The Morgan fingerprint density at radius 3 is 1.54 bits per heavy atom. The van der Waals surface area contributed by atoms with Crippen LogP contribution >= 0.6 is 11.3 Å². The molecule has 4 heterocycles. The minimum absolute atomic E-state index is 0.566. The molecule has 0 aliphatic carbocycles. The number of amidine groups is 2. The van der Waals surface area contributed by atoms with Crippen molar-refractivity contribution in [3.05, 3.63) is 259 Å². The molecule has 0 amide bonds. The molecule has 0 bridgehead atoms. The Morgan fingerprint density at radius 1 is 0.377 bits per heavy atom. The van der Waals surface area contributed by atoms with E-state index in [0.29, 0.717) is 11.7 Å². The van der Waals surface area contributed by atoms with Crippen molar-refractivity contribution in [2.24, 2.45) is 9.98 Å². The largest absolute Gasteiger partial charge is 0.438 e. The van der Waals surface area contributed by atoms with Crippen LogP contribution in [-0.4, -0.2) is 20.8 Å². The molecule has 0 saturated heterocycles. The lowest BCUT2D eigenvalue weighted by atomic mass is 10.0. The minimum atomic E-state index is -0.566. The Hall–Kier alpha value is -8.84. The fourth-order valence-corrected chi connectivity index (χ4v) is 11.9. The molecular formula is C63H40N5S-. The zero-order chi connectivity index (χ0) is 45.4. The van der Waals surface area contributed by atoms with Crippen LogP contribution in [0.4, 0.5) is 0 Å². The van der Waals surface area contributed by atoms with Gasteiger partial charge in [-0.05, 0) is 69.8 Å². The van der Waals surface area contributed by atoms with Gasteiger partial charge in [0.15, 0.2) is 0 Å². The van der Waals surface area contributed by atoms with Gasteiger partial charge in [-0.15, -0.1) is 11.3 Å². The van der Waals surface area contributed by atoms with E-state index in [0.717, 1.165) is 44.7 Å². The van der Waals surface area contributed by atoms with Crippen LogP contribution in [0.15, 0.2) is 247 Å². The third-order valence-electron chi connectivity index (χ3n) is 13.7. The average Bonchev–Trinajstić information content (AvgIpc) is 4.10. The number of para-hydroxylation sites is 3. The summed E-state index contributed by atoms with van der Waals surface area (Å²) in [5.41, 5.74) is 14.5. The quantitative estimate of drug-likeness (QED) is 0.153. The van der Waals surface area contributed by atoms with Crippen molar-refractivity contribution in [1.29, 1.82) is 0 Å². The van der Waals surface area contributed by atoms with Gasteiger partial charge >= 0.3 is 0 Å². The van der Waals surface area contributed by atoms with E-state index in [-0.39, 0.29) is 0 Å². The molecule has 0 fully saturated rings. The second kappa shape index (κ2) is 15.9. The molecule has 0 radical (unpaired) electrons. The summed E-state index contributed by atoms with van der Waals surface area (Å²) in [7, 11) is 0. The third kappa shape index (κ3) is 6.37. The van der Waals surface area contributed by atoms with Crippen LogP contribution in [0.1, 0.15) is 22.9 Å². The number of benzene rings is 10. The van der Waals surface area contributed by atoms with Crippen molar-refractivity contribution in [2.45, 2.75) is 6.17 Å². The number of thiophene rings is 1. The predicted molar refractivity (Wildman–Crippen MR) is 291 cm³/mol. The van der Waals surface area contributed by atoms with Gasteiger partial charge in [0.25, 0.3) is 0 Å². The van der Waals surface area contributed by atoms with Crippen molar-refractivity contribution in [3.63, 3.8) is 0 Å². The van der Waals surface area contributed by atoms with Gasteiger partial charge < -0.3 is 19.4 Å². The Kier molecular flexibility index (Phi) is 9.07. The van der Waals surface area contributed by atoms with E-state index in [1.807, 2.05) is 35.6 Å². The standard InChI is InChI=1S/C63H40N5S/c1-4-18-40(19-5-1)43-24-16-26-45(38-43)62-64-61(42-22-8-3-9-23-42)65-63(66-62)53-30-12-15-33-56(53)68-55-32-14-11-29-48(55)50-35-37-52-51-36-34-49-47-28-10-13-31-54(47)67(57(49)59(51)69-60(52)58(50)68)46-27-17-25-44(39-46)41-20-6-2-7-21-41/h1-39,63H/q-1. The molecule has 1 atom stereocenters. The fraction of sp³-hybridized carbons (Fsp3) is 0.0159. The summed E-state index contributed by atoms with van der Waals surface area (Å²) in [6.07, 6.45) is -0.566. The molecule has 5 nitrogen and oxygen atoms in total. The lowest BCUT2D eigenvalue weighted by molar-refractivity contribution is 0.865. The first-order valence-electron chi connectivity index (χ1n) is 23.4. The maximum atomic E-state index is 5.43. The molecule has 324 valence electrons. The Morgan fingerprint density at radius 2 is 0.870 bits per heavy atom. The highest BCUT2D eigenvalue weighted by Crippen LogP contribution is 2.48. The molecule has 1 aliphatic rings. The number of aromatic nitrogens is 2. The van der Waals surface area contributed by atoms with Gasteiger partial charge in [-0.2, -0.15) is 0 Å². The van der Waals surface area contributed by atoms with Crippen LogP contribution < -0.4 is 0 Å². The van der Waals surface area contributed by atoms with E-state index in [4.69, 9.17) is 15.3 Å². The van der Waals surface area contributed by atoms with Crippen LogP contribution in [0.2, 0.25) is 0 Å².